The van der Waals surface area contributed by atoms with Crippen molar-refractivity contribution in [2.24, 2.45) is 0 Å². The lowest BCUT2D eigenvalue weighted by molar-refractivity contribution is 0.0697. The van der Waals surface area contributed by atoms with Gasteiger partial charge in [-0.1, -0.05) is 15.9 Å². The number of carboxylic acids is 1. The van der Waals surface area contributed by atoms with Crippen LogP contribution in [-0.4, -0.2) is 17.7 Å². The van der Waals surface area contributed by atoms with E-state index in [4.69, 9.17) is 9.84 Å². The Kier molecular flexibility index (Phi) is 6.07. The molecular weight excluding hydrogens is 426 g/mol. The Balaban J connectivity index is 2.22. The first kappa shape index (κ1) is 17.8. The van der Waals surface area contributed by atoms with Gasteiger partial charge in [0.2, 0.25) is 0 Å². The van der Waals surface area contributed by atoms with Crippen LogP contribution in [0.2, 0.25) is 0 Å². The number of carbonyl (C=O) groups is 1. The van der Waals surface area contributed by atoms with Crippen molar-refractivity contribution in [1.82, 2.24) is 0 Å². The van der Waals surface area contributed by atoms with Gasteiger partial charge in [0.05, 0.1) is 16.6 Å². The molecule has 0 atom stereocenters. The molecule has 23 heavy (non-hydrogen) atoms. The molecule has 0 aliphatic rings. The molecule has 0 aliphatic heterocycles. The molecule has 0 aromatic heterocycles. The van der Waals surface area contributed by atoms with E-state index in [1.54, 1.807) is 18.2 Å². The van der Waals surface area contributed by atoms with Gasteiger partial charge in [-0.05, 0) is 65.7 Å². The van der Waals surface area contributed by atoms with Crippen LogP contribution in [0, 0.1) is 6.92 Å². The maximum Gasteiger partial charge on any atom is 0.335 e. The van der Waals surface area contributed by atoms with Gasteiger partial charge in [0.15, 0.2) is 0 Å². The van der Waals surface area contributed by atoms with Gasteiger partial charge in [-0.25, -0.2) is 4.79 Å². The van der Waals surface area contributed by atoms with Crippen LogP contribution in [0.1, 0.15) is 28.4 Å². The third-order valence-corrected chi connectivity index (χ3v) is 4.36. The number of nitrogens with one attached hydrogen (secondary N) is 1. The van der Waals surface area contributed by atoms with Crippen molar-refractivity contribution in [3.8, 4) is 5.75 Å². The highest BCUT2D eigenvalue weighted by atomic mass is 79.9. The predicted octanol–water partition coefficient (Wildman–Crippen LogP) is 5.23. The smallest absolute Gasteiger partial charge is 0.335 e. The summed E-state index contributed by atoms with van der Waals surface area (Å²) in [7, 11) is 0. The van der Waals surface area contributed by atoms with Crippen LogP contribution >= 0.6 is 31.9 Å². The Bertz CT molecular complexity index is 732. The fraction of sp³-hybridized carbons (Fsp3) is 0.235. The standard InChI is InChI=1S/C17H17Br2NO3/c1-3-23-16-12(7-13(18)8-14(16)19)9-20-15-5-4-11(17(21)22)6-10(15)2/h4-8,20H,3,9H2,1-2H3,(H,21,22). The van der Waals surface area contributed by atoms with Crippen molar-refractivity contribution in [2.75, 3.05) is 11.9 Å². The van der Waals surface area contributed by atoms with E-state index in [-0.39, 0.29) is 5.56 Å². The van der Waals surface area contributed by atoms with Crippen molar-refractivity contribution in [1.29, 1.82) is 0 Å². The number of aryl methyl sites for hydroxylation is 1. The van der Waals surface area contributed by atoms with Gasteiger partial charge in [-0.2, -0.15) is 0 Å². The van der Waals surface area contributed by atoms with Crippen LogP contribution in [0.15, 0.2) is 39.3 Å². The summed E-state index contributed by atoms with van der Waals surface area (Å²) in [4.78, 5) is 11.0. The third-order valence-electron chi connectivity index (χ3n) is 3.32. The van der Waals surface area contributed by atoms with Crippen LogP contribution in [-0.2, 0) is 6.54 Å². The first-order valence-corrected chi connectivity index (χ1v) is 8.69. The number of halogens is 2. The predicted molar refractivity (Wildman–Crippen MR) is 98.5 cm³/mol. The van der Waals surface area contributed by atoms with Crippen LogP contribution in [0.3, 0.4) is 0 Å². The van der Waals surface area contributed by atoms with Gasteiger partial charge in [-0.15, -0.1) is 0 Å². The van der Waals surface area contributed by atoms with Crippen LogP contribution in [0.4, 0.5) is 5.69 Å². The van der Waals surface area contributed by atoms with Crippen LogP contribution < -0.4 is 10.1 Å². The van der Waals surface area contributed by atoms with Crippen molar-refractivity contribution in [2.45, 2.75) is 20.4 Å². The van der Waals surface area contributed by atoms with E-state index in [0.717, 1.165) is 31.5 Å². The minimum atomic E-state index is -0.922. The Morgan fingerprint density at radius 1 is 1.26 bits per heavy atom. The number of carboxylic acid groups (broad SMARTS) is 1. The first-order valence-electron chi connectivity index (χ1n) is 7.11. The molecule has 0 saturated carbocycles. The Hall–Kier alpha value is -1.53. The summed E-state index contributed by atoms with van der Waals surface area (Å²) in [6.45, 7) is 4.98. The second-order valence-corrected chi connectivity index (χ2v) is 6.77. The summed E-state index contributed by atoms with van der Waals surface area (Å²) < 4.78 is 7.56. The average Bonchev–Trinajstić information content (AvgIpc) is 2.49. The maximum atomic E-state index is 11.0. The highest BCUT2D eigenvalue weighted by Crippen LogP contribution is 2.33. The first-order chi connectivity index (χ1) is 10.9. The van der Waals surface area contributed by atoms with Crippen molar-refractivity contribution >= 4 is 43.5 Å². The molecule has 0 unspecified atom stereocenters. The zero-order valence-electron chi connectivity index (χ0n) is 12.8. The second kappa shape index (κ2) is 7.84. The second-order valence-electron chi connectivity index (χ2n) is 5.00. The van der Waals surface area contributed by atoms with E-state index in [1.165, 1.54) is 0 Å². The number of hydrogen-bond acceptors (Lipinski definition) is 3. The van der Waals surface area contributed by atoms with Gasteiger partial charge in [0.1, 0.15) is 5.75 Å². The van der Waals surface area contributed by atoms with Crippen molar-refractivity contribution in [3.63, 3.8) is 0 Å². The highest BCUT2D eigenvalue weighted by Gasteiger charge is 2.11. The molecule has 122 valence electrons. The fourth-order valence-corrected chi connectivity index (χ4v) is 3.66. The molecule has 0 aliphatic carbocycles. The van der Waals surface area contributed by atoms with E-state index in [0.29, 0.717) is 13.2 Å². The molecule has 0 amide bonds. The Morgan fingerprint density at radius 2 is 2.00 bits per heavy atom. The number of hydrogen-bond donors (Lipinski definition) is 2. The van der Waals surface area contributed by atoms with Crippen LogP contribution in [0.5, 0.6) is 5.75 Å². The molecule has 2 aromatic carbocycles. The van der Waals surface area contributed by atoms with Crippen LogP contribution in [0.25, 0.3) is 0 Å². The largest absolute Gasteiger partial charge is 0.492 e. The zero-order valence-corrected chi connectivity index (χ0v) is 16.0. The Morgan fingerprint density at radius 3 is 2.61 bits per heavy atom. The lowest BCUT2D eigenvalue weighted by atomic mass is 10.1. The maximum absolute atomic E-state index is 11.0. The molecule has 0 bridgehead atoms. The van der Waals surface area contributed by atoms with E-state index >= 15 is 0 Å². The minimum absolute atomic E-state index is 0.285. The van der Waals surface area contributed by atoms with E-state index in [2.05, 4.69) is 37.2 Å². The molecule has 2 N–H and O–H groups in total. The van der Waals surface area contributed by atoms with Gasteiger partial charge >= 0.3 is 5.97 Å². The number of benzene rings is 2. The van der Waals surface area contributed by atoms with E-state index in [1.807, 2.05) is 26.0 Å². The zero-order chi connectivity index (χ0) is 17.0. The van der Waals surface area contributed by atoms with Gasteiger partial charge in [0, 0.05) is 22.3 Å². The number of aromatic carboxylic acids is 1. The van der Waals surface area contributed by atoms with E-state index in [9.17, 15) is 4.79 Å². The molecule has 4 nitrogen and oxygen atoms in total. The molecule has 0 fully saturated rings. The lowest BCUT2D eigenvalue weighted by Gasteiger charge is -2.15. The molecule has 6 heteroatoms. The summed E-state index contributed by atoms with van der Waals surface area (Å²) in [5, 5.41) is 12.4. The highest BCUT2D eigenvalue weighted by molar-refractivity contribution is 9.11. The number of anilines is 1. The van der Waals surface area contributed by atoms with E-state index < -0.39 is 5.97 Å². The fourth-order valence-electron chi connectivity index (χ4n) is 2.24. The molecule has 0 spiro atoms. The summed E-state index contributed by atoms with van der Waals surface area (Å²) in [5.41, 5.74) is 3.08. The summed E-state index contributed by atoms with van der Waals surface area (Å²) >= 11 is 7.00. The minimum Gasteiger partial charge on any atom is -0.492 e. The summed E-state index contributed by atoms with van der Waals surface area (Å²) in [6, 6.07) is 8.99. The third kappa shape index (κ3) is 4.48. The SMILES string of the molecule is CCOc1c(Br)cc(Br)cc1CNc1ccc(C(=O)O)cc1C. The molecule has 2 rings (SSSR count). The van der Waals surface area contributed by atoms with Gasteiger partial charge < -0.3 is 15.2 Å². The summed E-state index contributed by atoms with van der Waals surface area (Å²) in [6.07, 6.45) is 0. The van der Waals surface area contributed by atoms with Crippen molar-refractivity contribution in [3.05, 3.63) is 56.0 Å². The molecule has 0 heterocycles. The quantitative estimate of drug-likeness (QED) is 0.643. The van der Waals surface area contributed by atoms with Gasteiger partial charge in [-0.3, -0.25) is 0 Å². The molecule has 0 saturated heterocycles. The molecule has 2 aromatic rings. The Labute approximate surface area is 152 Å². The number of ether oxygens (including phenoxy) is 1. The summed E-state index contributed by atoms with van der Waals surface area (Å²) in [5.74, 6) is -0.114. The number of rotatable bonds is 6. The monoisotopic (exact) mass is 441 g/mol. The van der Waals surface area contributed by atoms with Gasteiger partial charge in [0.25, 0.3) is 0 Å². The molecule has 0 radical (unpaired) electrons. The van der Waals surface area contributed by atoms with Crippen molar-refractivity contribution < 1.29 is 14.6 Å². The topological polar surface area (TPSA) is 58.6 Å². The normalized spacial score (nSPS) is 10.4. The molecular formula is C17H17Br2NO3. The average molecular weight is 443 g/mol. The lowest BCUT2D eigenvalue weighted by Crippen LogP contribution is -2.06.